The zero-order chi connectivity index (χ0) is 19.5. The molecule has 0 saturated carbocycles. The Kier molecular flexibility index (Phi) is 5.27. The Hall–Kier alpha value is -2.91. The molecule has 0 radical (unpaired) electrons. The Bertz CT molecular complexity index is 1050. The zero-order valence-electron chi connectivity index (χ0n) is 14.9. The highest BCUT2D eigenvalue weighted by Gasteiger charge is 2.18. The summed E-state index contributed by atoms with van der Waals surface area (Å²) in [4.78, 5) is 23.9. The number of benzene rings is 2. The fourth-order valence-corrected chi connectivity index (χ4v) is 4.27. The first-order valence-corrected chi connectivity index (χ1v) is 10.3. The van der Waals surface area contributed by atoms with Crippen molar-refractivity contribution in [2.45, 2.75) is 11.3 Å². The second-order valence-corrected chi connectivity index (χ2v) is 8.27. The molecule has 7 nitrogen and oxygen atoms in total. The number of hydrogen-bond donors (Lipinski definition) is 2. The molecule has 1 aromatic heterocycles. The van der Waals surface area contributed by atoms with Gasteiger partial charge in [-0.2, -0.15) is 0 Å². The molecule has 2 aromatic carbocycles. The average Bonchev–Trinajstić information content (AvgIpc) is 3.14. The minimum absolute atomic E-state index is 0.00787. The maximum Gasteiger partial charge on any atom is 0.262 e. The van der Waals surface area contributed by atoms with Crippen molar-refractivity contribution >= 4 is 51.3 Å². The molecule has 3 aromatic rings. The minimum atomic E-state index is -0.228. The Labute approximate surface area is 169 Å². The maximum atomic E-state index is 12.5. The number of hydrogen-bond acceptors (Lipinski definition) is 8. The lowest BCUT2D eigenvalue weighted by Crippen LogP contribution is -2.25. The highest BCUT2D eigenvalue weighted by Crippen LogP contribution is 2.31. The lowest BCUT2D eigenvalue weighted by Gasteiger charge is -2.18. The van der Waals surface area contributed by atoms with Crippen LogP contribution in [0.25, 0.3) is 0 Å². The summed E-state index contributed by atoms with van der Waals surface area (Å²) < 4.78 is 6.02. The van der Waals surface area contributed by atoms with Gasteiger partial charge in [0.15, 0.2) is 16.7 Å². The van der Waals surface area contributed by atoms with E-state index < -0.39 is 0 Å². The lowest BCUT2D eigenvalue weighted by molar-refractivity contribution is -0.118. The molecule has 142 valence electrons. The summed E-state index contributed by atoms with van der Waals surface area (Å²) in [5.74, 6) is 0.511. The van der Waals surface area contributed by atoms with Crippen molar-refractivity contribution in [1.29, 1.82) is 0 Å². The Morgan fingerprint density at radius 1 is 1.29 bits per heavy atom. The van der Waals surface area contributed by atoms with E-state index in [2.05, 4.69) is 20.8 Å². The van der Waals surface area contributed by atoms with E-state index in [1.54, 1.807) is 18.2 Å². The summed E-state index contributed by atoms with van der Waals surface area (Å²) in [6.45, 7) is 2.01. The van der Waals surface area contributed by atoms with Crippen LogP contribution in [0, 0.1) is 6.92 Å². The zero-order valence-corrected chi connectivity index (χ0v) is 16.5. The molecule has 0 bridgehead atoms. The number of ketones is 1. The smallest absolute Gasteiger partial charge is 0.262 e. The van der Waals surface area contributed by atoms with Gasteiger partial charge >= 0.3 is 0 Å². The summed E-state index contributed by atoms with van der Waals surface area (Å²) >= 11 is 2.73. The molecule has 2 N–H and O–H groups in total. The van der Waals surface area contributed by atoms with Crippen molar-refractivity contribution in [1.82, 2.24) is 10.2 Å². The third-order valence-corrected chi connectivity index (χ3v) is 6.03. The van der Waals surface area contributed by atoms with Crippen molar-refractivity contribution < 1.29 is 14.3 Å². The van der Waals surface area contributed by atoms with Gasteiger partial charge in [0.2, 0.25) is 5.13 Å². The van der Waals surface area contributed by atoms with E-state index >= 15 is 0 Å². The van der Waals surface area contributed by atoms with E-state index in [9.17, 15) is 9.59 Å². The van der Waals surface area contributed by atoms with Gasteiger partial charge in [-0.3, -0.25) is 9.59 Å². The van der Waals surface area contributed by atoms with Crippen LogP contribution in [0.15, 0.2) is 46.8 Å². The second-order valence-electron chi connectivity index (χ2n) is 6.07. The molecule has 2 heterocycles. The van der Waals surface area contributed by atoms with Crippen LogP contribution in [0.3, 0.4) is 0 Å². The topological polar surface area (TPSA) is 93.2 Å². The van der Waals surface area contributed by atoms with E-state index in [0.29, 0.717) is 26.5 Å². The number of nitrogens with one attached hydrogen (secondary N) is 2. The molecule has 28 heavy (non-hydrogen) atoms. The first-order chi connectivity index (χ1) is 13.6. The number of carbonyl (C=O) groups is 2. The monoisotopic (exact) mass is 412 g/mol. The second kappa shape index (κ2) is 7.99. The van der Waals surface area contributed by atoms with Gasteiger partial charge < -0.3 is 15.4 Å². The molecular formula is C19H16N4O3S2. The number of ether oxygens (including phenoxy) is 1. The molecule has 0 atom stereocenters. The summed E-state index contributed by atoms with van der Waals surface area (Å²) in [5, 5.41) is 14.9. The molecule has 0 saturated heterocycles. The van der Waals surface area contributed by atoms with Crippen molar-refractivity contribution in [2.24, 2.45) is 0 Å². The lowest BCUT2D eigenvalue weighted by atomic mass is 10.1. The maximum absolute atomic E-state index is 12.5. The number of anilines is 3. The number of amides is 1. The SMILES string of the molecule is Cc1ccccc1Nc1nnc(SCC(=O)c2ccc3c(c2)NC(=O)CO3)s1. The quantitative estimate of drug-likeness (QED) is 0.468. The van der Waals surface area contributed by atoms with E-state index in [1.807, 2.05) is 31.2 Å². The number of aromatic nitrogens is 2. The number of carbonyl (C=O) groups excluding carboxylic acids is 2. The number of aryl methyl sites for hydroxylation is 1. The number of Topliss-reactive ketones (excluding diaryl/α,β-unsaturated/α-hetero) is 1. The highest BCUT2D eigenvalue weighted by atomic mass is 32.2. The molecular weight excluding hydrogens is 396 g/mol. The molecule has 0 spiro atoms. The van der Waals surface area contributed by atoms with Crippen molar-refractivity contribution in [3.63, 3.8) is 0 Å². The van der Waals surface area contributed by atoms with Crippen LogP contribution >= 0.6 is 23.1 Å². The highest BCUT2D eigenvalue weighted by molar-refractivity contribution is 8.01. The number of rotatable bonds is 6. The summed E-state index contributed by atoms with van der Waals surface area (Å²) in [6.07, 6.45) is 0. The Balaban J connectivity index is 1.38. The predicted molar refractivity (Wildman–Crippen MR) is 110 cm³/mol. The molecule has 4 rings (SSSR count). The third kappa shape index (κ3) is 4.15. The minimum Gasteiger partial charge on any atom is -0.482 e. The molecule has 0 unspecified atom stereocenters. The van der Waals surface area contributed by atoms with Gasteiger partial charge in [-0.15, -0.1) is 10.2 Å². The summed E-state index contributed by atoms with van der Waals surface area (Å²) in [5.41, 5.74) is 3.13. The largest absolute Gasteiger partial charge is 0.482 e. The molecule has 1 amide bonds. The van der Waals surface area contributed by atoms with Crippen molar-refractivity contribution in [3.8, 4) is 5.75 Å². The number of nitrogens with zero attached hydrogens (tertiary/aromatic N) is 2. The molecule has 0 fully saturated rings. The standard InChI is InChI=1S/C19H16N4O3S2/c1-11-4-2-3-5-13(11)21-18-22-23-19(28-18)27-10-15(24)12-6-7-16-14(8-12)20-17(25)9-26-16/h2-8H,9-10H2,1H3,(H,20,25)(H,21,22). The fourth-order valence-electron chi connectivity index (χ4n) is 2.61. The third-order valence-electron chi connectivity index (χ3n) is 4.05. The first kappa shape index (κ1) is 18.5. The van der Waals surface area contributed by atoms with Crippen LogP contribution in [-0.2, 0) is 4.79 Å². The molecule has 1 aliphatic rings. The fraction of sp³-hybridized carbons (Fsp3) is 0.158. The van der Waals surface area contributed by atoms with Crippen LogP contribution in [-0.4, -0.2) is 34.2 Å². The molecule has 0 aliphatic carbocycles. The normalized spacial score (nSPS) is 12.7. The Morgan fingerprint density at radius 2 is 2.14 bits per heavy atom. The van der Waals surface area contributed by atoms with Crippen LogP contribution in [0.4, 0.5) is 16.5 Å². The van der Waals surface area contributed by atoms with Gasteiger partial charge in [0.05, 0.1) is 11.4 Å². The van der Waals surface area contributed by atoms with Crippen LogP contribution in [0.5, 0.6) is 5.75 Å². The van der Waals surface area contributed by atoms with E-state index in [0.717, 1.165) is 11.3 Å². The van der Waals surface area contributed by atoms with Crippen LogP contribution in [0.2, 0.25) is 0 Å². The van der Waals surface area contributed by atoms with E-state index in [1.165, 1.54) is 23.1 Å². The number of thioether (sulfide) groups is 1. The average molecular weight is 412 g/mol. The van der Waals surface area contributed by atoms with E-state index in [-0.39, 0.29) is 24.1 Å². The van der Waals surface area contributed by atoms with Gasteiger partial charge in [-0.05, 0) is 36.8 Å². The summed E-state index contributed by atoms with van der Waals surface area (Å²) in [6, 6.07) is 13.0. The van der Waals surface area contributed by atoms with Crippen molar-refractivity contribution in [2.75, 3.05) is 23.0 Å². The van der Waals surface area contributed by atoms with Gasteiger partial charge in [0.1, 0.15) is 5.75 Å². The van der Waals surface area contributed by atoms with Crippen LogP contribution in [0.1, 0.15) is 15.9 Å². The summed E-state index contributed by atoms with van der Waals surface area (Å²) in [7, 11) is 0. The number of para-hydroxylation sites is 1. The van der Waals surface area contributed by atoms with Gasteiger partial charge in [0.25, 0.3) is 5.91 Å². The number of fused-ring (bicyclic) bond motifs is 1. The molecule has 1 aliphatic heterocycles. The van der Waals surface area contributed by atoms with E-state index in [4.69, 9.17) is 4.74 Å². The molecule has 9 heteroatoms. The van der Waals surface area contributed by atoms with Crippen LogP contribution < -0.4 is 15.4 Å². The Morgan fingerprint density at radius 3 is 3.00 bits per heavy atom. The van der Waals surface area contributed by atoms with Crippen molar-refractivity contribution in [3.05, 3.63) is 53.6 Å². The van der Waals surface area contributed by atoms with Gasteiger partial charge in [-0.25, -0.2) is 0 Å². The van der Waals surface area contributed by atoms with Gasteiger partial charge in [-0.1, -0.05) is 41.3 Å². The van der Waals surface area contributed by atoms with Gasteiger partial charge in [0, 0.05) is 11.3 Å². The first-order valence-electron chi connectivity index (χ1n) is 8.47. The predicted octanol–water partition coefficient (Wildman–Crippen LogP) is 3.90.